The van der Waals surface area contributed by atoms with Crippen molar-refractivity contribution in [1.29, 1.82) is 0 Å². The first-order chi connectivity index (χ1) is 8.15. The molecule has 1 aliphatic rings. The van der Waals surface area contributed by atoms with Crippen LogP contribution < -0.4 is 5.73 Å². The lowest BCUT2D eigenvalue weighted by Gasteiger charge is -2.29. The van der Waals surface area contributed by atoms with Crippen LogP contribution in [0.25, 0.3) is 0 Å². The van der Waals surface area contributed by atoms with Crippen molar-refractivity contribution in [1.82, 2.24) is 4.98 Å². The van der Waals surface area contributed by atoms with E-state index in [0.717, 1.165) is 19.3 Å². The maximum Gasteiger partial charge on any atom is 0.113 e. The average molecular weight is 252 g/mol. The highest BCUT2D eigenvalue weighted by atomic mass is 32.1. The fourth-order valence-electron chi connectivity index (χ4n) is 2.72. The van der Waals surface area contributed by atoms with E-state index >= 15 is 0 Å². The molecule has 0 atom stereocenters. The molecule has 0 amide bonds. The Kier molecular flexibility index (Phi) is 4.21. The maximum atomic E-state index is 6.63. The van der Waals surface area contributed by atoms with Crippen LogP contribution in [0.3, 0.4) is 0 Å². The van der Waals surface area contributed by atoms with Crippen LogP contribution >= 0.6 is 11.3 Å². The number of thiazole rings is 1. The van der Waals surface area contributed by atoms with Crippen LogP contribution in [-0.2, 0) is 12.0 Å². The van der Waals surface area contributed by atoms with Crippen molar-refractivity contribution in [2.24, 2.45) is 5.73 Å². The molecule has 2 N–H and O–H groups in total. The molecule has 0 spiro atoms. The zero-order valence-corrected chi connectivity index (χ0v) is 11.9. The van der Waals surface area contributed by atoms with E-state index in [1.807, 2.05) is 11.3 Å². The summed E-state index contributed by atoms with van der Waals surface area (Å²) in [5.41, 5.74) is 7.75. The number of hydrogen-bond acceptors (Lipinski definition) is 3. The molecule has 1 aliphatic carbocycles. The number of nitrogens with two attached hydrogens (primary N) is 1. The van der Waals surface area contributed by atoms with Crippen LogP contribution in [0.2, 0.25) is 0 Å². The van der Waals surface area contributed by atoms with E-state index in [4.69, 9.17) is 10.7 Å². The average Bonchev–Trinajstić information content (AvgIpc) is 2.66. The summed E-state index contributed by atoms with van der Waals surface area (Å²) in [5.74, 6) is 0. The van der Waals surface area contributed by atoms with E-state index in [1.54, 1.807) is 0 Å². The second-order valence-electron chi connectivity index (χ2n) is 5.30. The number of nitrogens with zero attached hydrogens (tertiary/aromatic N) is 1. The first-order valence-electron chi connectivity index (χ1n) is 6.91. The van der Waals surface area contributed by atoms with E-state index < -0.39 is 0 Å². The van der Waals surface area contributed by atoms with Crippen LogP contribution in [0, 0.1) is 6.92 Å². The normalized spacial score (nSPS) is 20.9. The number of aromatic nitrogens is 1. The number of hydrogen-bond donors (Lipinski definition) is 1. The van der Waals surface area contributed by atoms with Crippen molar-refractivity contribution in [2.45, 2.75) is 70.8 Å². The van der Waals surface area contributed by atoms with Gasteiger partial charge in [0.1, 0.15) is 5.01 Å². The van der Waals surface area contributed by atoms with Crippen molar-refractivity contribution in [3.63, 3.8) is 0 Å². The highest BCUT2D eigenvalue weighted by Gasteiger charge is 2.31. The van der Waals surface area contributed by atoms with Gasteiger partial charge in [-0.25, -0.2) is 4.98 Å². The van der Waals surface area contributed by atoms with Crippen molar-refractivity contribution >= 4 is 11.3 Å². The van der Waals surface area contributed by atoms with Gasteiger partial charge in [0.25, 0.3) is 0 Å². The lowest BCUT2D eigenvalue weighted by Crippen LogP contribution is -2.37. The van der Waals surface area contributed by atoms with E-state index in [-0.39, 0.29) is 5.54 Å². The molecular weight excluding hydrogens is 228 g/mol. The molecule has 0 aliphatic heterocycles. The molecule has 0 aromatic carbocycles. The second-order valence-corrected chi connectivity index (χ2v) is 6.50. The zero-order chi connectivity index (χ0) is 12.3. The van der Waals surface area contributed by atoms with Gasteiger partial charge in [-0.15, -0.1) is 11.3 Å². The highest BCUT2D eigenvalue weighted by molar-refractivity contribution is 7.11. The Morgan fingerprint density at radius 3 is 2.29 bits per heavy atom. The van der Waals surface area contributed by atoms with Gasteiger partial charge >= 0.3 is 0 Å². The molecule has 1 aromatic rings. The molecule has 17 heavy (non-hydrogen) atoms. The van der Waals surface area contributed by atoms with Gasteiger partial charge in [-0.3, -0.25) is 0 Å². The summed E-state index contributed by atoms with van der Waals surface area (Å²) in [6.07, 6.45) is 9.83. The molecule has 2 nitrogen and oxygen atoms in total. The number of aryl methyl sites for hydroxylation is 2. The van der Waals surface area contributed by atoms with Gasteiger partial charge in [-0.1, -0.05) is 39.0 Å². The third kappa shape index (κ3) is 2.89. The van der Waals surface area contributed by atoms with E-state index in [1.165, 1.54) is 47.7 Å². The smallest absolute Gasteiger partial charge is 0.113 e. The van der Waals surface area contributed by atoms with Crippen LogP contribution in [0.1, 0.15) is 67.4 Å². The number of rotatable bonds is 2. The molecule has 0 radical (unpaired) electrons. The third-order valence-corrected chi connectivity index (χ3v) is 5.13. The summed E-state index contributed by atoms with van der Waals surface area (Å²) in [4.78, 5) is 6.15. The Bertz CT molecular complexity index is 362. The predicted molar refractivity (Wildman–Crippen MR) is 74.4 cm³/mol. The largest absolute Gasteiger partial charge is 0.319 e. The quantitative estimate of drug-likeness (QED) is 0.866. The summed E-state index contributed by atoms with van der Waals surface area (Å²) < 4.78 is 0. The zero-order valence-electron chi connectivity index (χ0n) is 11.1. The summed E-state index contributed by atoms with van der Waals surface area (Å²) in [5, 5.41) is 1.19. The monoisotopic (exact) mass is 252 g/mol. The minimum absolute atomic E-state index is 0.136. The van der Waals surface area contributed by atoms with Crippen molar-refractivity contribution in [3.8, 4) is 0 Å². The Labute approximate surface area is 109 Å². The van der Waals surface area contributed by atoms with E-state index in [0.29, 0.717) is 0 Å². The molecule has 96 valence electrons. The molecular formula is C14H24N2S. The molecule has 3 heteroatoms. The molecule has 1 fully saturated rings. The summed E-state index contributed by atoms with van der Waals surface area (Å²) in [7, 11) is 0. The fourth-order valence-corrected chi connectivity index (χ4v) is 3.88. The maximum absolute atomic E-state index is 6.63. The van der Waals surface area contributed by atoms with Gasteiger partial charge in [0.15, 0.2) is 0 Å². The second kappa shape index (κ2) is 5.49. The molecule has 1 aromatic heterocycles. The third-order valence-electron chi connectivity index (χ3n) is 3.90. The van der Waals surface area contributed by atoms with Crippen LogP contribution in [0.15, 0.2) is 0 Å². The standard InChI is InChI=1S/C14H24N2S/c1-3-12-11(2)17-13(16-12)14(15)9-7-5-4-6-8-10-14/h3-10,15H2,1-2H3. The highest BCUT2D eigenvalue weighted by Crippen LogP contribution is 2.36. The molecule has 2 rings (SSSR count). The first-order valence-corrected chi connectivity index (χ1v) is 7.73. The lowest BCUT2D eigenvalue weighted by molar-refractivity contribution is 0.322. The SMILES string of the molecule is CCc1nc(C2(N)CCCCCCC2)sc1C. The predicted octanol–water partition coefficient (Wildman–Crippen LogP) is 3.91. The van der Waals surface area contributed by atoms with E-state index in [2.05, 4.69) is 13.8 Å². The van der Waals surface area contributed by atoms with Crippen molar-refractivity contribution in [3.05, 3.63) is 15.6 Å². The first kappa shape index (κ1) is 13.0. The molecule has 0 unspecified atom stereocenters. The lowest BCUT2D eigenvalue weighted by atomic mass is 9.85. The molecule has 0 saturated heterocycles. The van der Waals surface area contributed by atoms with Crippen molar-refractivity contribution in [2.75, 3.05) is 0 Å². The van der Waals surface area contributed by atoms with Crippen LogP contribution in [0.4, 0.5) is 0 Å². The topological polar surface area (TPSA) is 38.9 Å². The van der Waals surface area contributed by atoms with Gasteiger partial charge in [0, 0.05) is 4.88 Å². The van der Waals surface area contributed by atoms with Gasteiger partial charge in [0.05, 0.1) is 11.2 Å². The molecule has 1 heterocycles. The minimum atomic E-state index is -0.136. The fraction of sp³-hybridized carbons (Fsp3) is 0.786. The minimum Gasteiger partial charge on any atom is -0.319 e. The summed E-state index contributed by atoms with van der Waals surface area (Å²) >= 11 is 1.82. The van der Waals surface area contributed by atoms with Gasteiger partial charge < -0.3 is 5.73 Å². The van der Waals surface area contributed by atoms with Crippen LogP contribution in [-0.4, -0.2) is 4.98 Å². The van der Waals surface area contributed by atoms with Crippen LogP contribution in [0.5, 0.6) is 0 Å². The molecule has 0 bridgehead atoms. The molecule has 1 saturated carbocycles. The Morgan fingerprint density at radius 2 is 1.76 bits per heavy atom. The van der Waals surface area contributed by atoms with Gasteiger partial charge in [-0.2, -0.15) is 0 Å². The Hall–Kier alpha value is -0.410. The Balaban J connectivity index is 2.21. The summed E-state index contributed by atoms with van der Waals surface area (Å²) in [6.45, 7) is 4.35. The van der Waals surface area contributed by atoms with Gasteiger partial charge in [-0.05, 0) is 26.2 Å². The Morgan fingerprint density at radius 1 is 1.18 bits per heavy atom. The summed E-state index contributed by atoms with van der Waals surface area (Å²) in [6, 6.07) is 0. The van der Waals surface area contributed by atoms with Crippen molar-refractivity contribution < 1.29 is 0 Å². The van der Waals surface area contributed by atoms with Gasteiger partial charge in [0.2, 0.25) is 0 Å². The van der Waals surface area contributed by atoms with E-state index in [9.17, 15) is 0 Å².